The standard InChI is InChI=1S/C26H35N3O3/c1-18(2)27-26(31)28-14-4-5-15-29-23(16-28)25(24(29)17-30)21-8-6-19(7-9-21)20-10-12-22(32-3)13-11-20/h6-13,18,23-25,30H,4-5,14-17H2,1-3H3,(H,27,31)/t23-,24+,25-/m1/s1. The molecule has 2 aromatic rings. The smallest absolute Gasteiger partial charge is 0.317 e. The summed E-state index contributed by atoms with van der Waals surface area (Å²) in [5.74, 6) is 1.07. The number of ether oxygens (including phenoxy) is 1. The van der Waals surface area contributed by atoms with Crippen molar-refractivity contribution in [2.24, 2.45) is 0 Å². The van der Waals surface area contributed by atoms with Gasteiger partial charge in [0.25, 0.3) is 0 Å². The number of nitrogens with one attached hydrogen (secondary N) is 1. The summed E-state index contributed by atoms with van der Waals surface area (Å²) in [6.07, 6.45) is 2.04. The van der Waals surface area contributed by atoms with Gasteiger partial charge in [-0.05, 0) is 62.1 Å². The molecule has 0 spiro atoms. The third kappa shape index (κ3) is 4.62. The fraction of sp³-hybridized carbons (Fsp3) is 0.500. The van der Waals surface area contributed by atoms with Crippen LogP contribution in [0, 0.1) is 0 Å². The summed E-state index contributed by atoms with van der Waals surface area (Å²) in [6, 6.07) is 17.2. The second-order valence-corrected chi connectivity index (χ2v) is 9.19. The molecule has 0 unspecified atom stereocenters. The van der Waals surface area contributed by atoms with E-state index in [1.807, 2.05) is 30.9 Å². The monoisotopic (exact) mass is 437 g/mol. The molecule has 2 aliphatic rings. The van der Waals surface area contributed by atoms with Gasteiger partial charge in [-0.2, -0.15) is 0 Å². The van der Waals surface area contributed by atoms with Gasteiger partial charge in [-0.15, -0.1) is 0 Å². The third-order valence-electron chi connectivity index (χ3n) is 6.79. The number of benzene rings is 2. The van der Waals surface area contributed by atoms with Gasteiger partial charge >= 0.3 is 6.03 Å². The van der Waals surface area contributed by atoms with Crippen molar-refractivity contribution in [1.29, 1.82) is 0 Å². The van der Waals surface area contributed by atoms with Crippen molar-refractivity contribution in [3.8, 4) is 16.9 Å². The minimum Gasteiger partial charge on any atom is -0.497 e. The molecule has 2 heterocycles. The molecule has 0 aromatic heterocycles. The fourth-order valence-electron chi connectivity index (χ4n) is 5.14. The summed E-state index contributed by atoms with van der Waals surface area (Å²) < 4.78 is 5.26. The van der Waals surface area contributed by atoms with E-state index in [0.717, 1.165) is 42.8 Å². The van der Waals surface area contributed by atoms with Crippen molar-refractivity contribution in [1.82, 2.24) is 15.1 Å². The summed E-state index contributed by atoms with van der Waals surface area (Å²) in [5, 5.41) is 13.2. The van der Waals surface area contributed by atoms with E-state index < -0.39 is 0 Å². The van der Waals surface area contributed by atoms with Gasteiger partial charge in [0.05, 0.1) is 13.7 Å². The number of hydrogen-bond acceptors (Lipinski definition) is 4. The predicted molar refractivity (Wildman–Crippen MR) is 127 cm³/mol. The van der Waals surface area contributed by atoms with Crippen LogP contribution in [0.5, 0.6) is 5.75 Å². The molecule has 6 nitrogen and oxygen atoms in total. The van der Waals surface area contributed by atoms with E-state index >= 15 is 0 Å². The summed E-state index contributed by atoms with van der Waals surface area (Å²) in [4.78, 5) is 17.1. The highest BCUT2D eigenvalue weighted by Crippen LogP contribution is 2.42. The topological polar surface area (TPSA) is 65.0 Å². The van der Waals surface area contributed by atoms with E-state index in [9.17, 15) is 9.90 Å². The molecule has 4 rings (SSSR count). The molecule has 2 N–H and O–H groups in total. The Morgan fingerprint density at radius 1 is 1.06 bits per heavy atom. The van der Waals surface area contributed by atoms with Gasteiger partial charge in [-0.1, -0.05) is 36.4 Å². The van der Waals surface area contributed by atoms with Crippen molar-refractivity contribution in [2.75, 3.05) is 33.4 Å². The molecule has 6 heteroatoms. The molecular formula is C26H35N3O3. The van der Waals surface area contributed by atoms with Crippen molar-refractivity contribution in [3.63, 3.8) is 0 Å². The van der Waals surface area contributed by atoms with E-state index in [2.05, 4.69) is 46.6 Å². The molecule has 0 saturated carbocycles. The number of urea groups is 1. The Morgan fingerprint density at radius 2 is 1.69 bits per heavy atom. The van der Waals surface area contributed by atoms with E-state index in [1.54, 1.807) is 7.11 Å². The Kier molecular flexibility index (Phi) is 7.01. The first-order valence-corrected chi connectivity index (χ1v) is 11.7. The lowest BCUT2D eigenvalue weighted by Crippen LogP contribution is -2.68. The van der Waals surface area contributed by atoms with Gasteiger partial charge in [0.1, 0.15) is 5.75 Å². The average molecular weight is 438 g/mol. The second-order valence-electron chi connectivity index (χ2n) is 9.19. The first-order valence-electron chi connectivity index (χ1n) is 11.7. The Morgan fingerprint density at radius 3 is 2.28 bits per heavy atom. The quantitative estimate of drug-likeness (QED) is 0.749. The lowest BCUT2D eigenvalue weighted by molar-refractivity contribution is -0.0591. The maximum atomic E-state index is 12.7. The minimum atomic E-state index is 0.0166. The van der Waals surface area contributed by atoms with Gasteiger partial charge in [-0.25, -0.2) is 4.79 Å². The van der Waals surface area contributed by atoms with E-state index in [1.165, 1.54) is 5.56 Å². The highest BCUT2D eigenvalue weighted by atomic mass is 16.5. The normalized spacial score (nSPS) is 23.7. The molecule has 2 amide bonds. The summed E-state index contributed by atoms with van der Waals surface area (Å²) >= 11 is 0. The van der Waals surface area contributed by atoms with Crippen LogP contribution in [-0.2, 0) is 0 Å². The molecular weight excluding hydrogens is 402 g/mol. The van der Waals surface area contributed by atoms with Gasteiger partial charge in [-0.3, -0.25) is 4.90 Å². The SMILES string of the molecule is COc1ccc(-c2ccc([C@@H]3[C@H]4CN(C(=O)NC(C)C)CCCCN4[C@H]3CO)cc2)cc1. The lowest BCUT2D eigenvalue weighted by atomic mass is 9.74. The van der Waals surface area contributed by atoms with Crippen LogP contribution in [-0.4, -0.2) is 72.4 Å². The Hall–Kier alpha value is -2.57. The van der Waals surface area contributed by atoms with Gasteiger partial charge in [0.15, 0.2) is 0 Å². The van der Waals surface area contributed by atoms with Crippen LogP contribution in [0.25, 0.3) is 11.1 Å². The second kappa shape index (κ2) is 9.92. The molecule has 2 aromatic carbocycles. The van der Waals surface area contributed by atoms with Crippen LogP contribution in [0.15, 0.2) is 48.5 Å². The molecule has 2 fully saturated rings. The number of carbonyl (C=O) groups excluding carboxylic acids is 1. The minimum absolute atomic E-state index is 0.0166. The zero-order valence-electron chi connectivity index (χ0n) is 19.3. The van der Waals surface area contributed by atoms with Crippen LogP contribution in [0.1, 0.15) is 38.2 Å². The van der Waals surface area contributed by atoms with E-state index in [4.69, 9.17) is 4.74 Å². The molecule has 172 valence electrons. The van der Waals surface area contributed by atoms with Crippen LogP contribution < -0.4 is 10.1 Å². The molecule has 3 atom stereocenters. The molecule has 0 bridgehead atoms. The number of fused-ring (bicyclic) bond motifs is 1. The van der Waals surface area contributed by atoms with Gasteiger partial charge < -0.3 is 20.1 Å². The molecule has 0 aliphatic carbocycles. The van der Waals surface area contributed by atoms with Crippen LogP contribution in [0.2, 0.25) is 0 Å². The Bertz CT molecular complexity index is 898. The van der Waals surface area contributed by atoms with E-state index in [0.29, 0.717) is 6.54 Å². The molecule has 0 radical (unpaired) electrons. The Labute approximate surface area is 191 Å². The number of amides is 2. The fourth-order valence-corrected chi connectivity index (χ4v) is 5.14. The highest BCUT2D eigenvalue weighted by molar-refractivity contribution is 5.74. The largest absolute Gasteiger partial charge is 0.497 e. The number of carbonyl (C=O) groups is 1. The van der Waals surface area contributed by atoms with Crippen molar-refractivity contribution in [3.05, 3.63) is 54.1 Å². The van der Waals surface area contributed by atoms with Crippen LogP contribution >= 0.6 is 0 Å². The summed E-state index contributed by atoms with van der Waals surface area (Å²) in [7, 11) is 1.67. The number of hydrogen-bond donors (Lipinski definition) is 2. The molecule has 2 aliphatic heterocycles. The van der Waals surface area contributed by atoms with E-state index in [-0.39, 0.29) is 36.7 Å². The number of aliphatic hydroxyl groups is 1. The van der Waals surface area contributed by atoms with Crippen LogP contribution in [0.3, 0.4) is 0 Å². The first-order chi connectivity index (χ1) is 15.5. The number of aliphatic hydroxyl groups excluding tert-OH is 1. The number of rotatable bonds is 5. The summed E-state index contributed by atoms with van der Waals surface area (Å²) in [6.45, 7) is 6.59. The first kappa shape index (κ1) is 22.6. The van der Waals surface area contributed by atoms with Gasteiger partial charge in [0.2, 0.25) is 0 Å². The maximum absolute atomic E-state index is 12.7. The molecule has 32 heavy (non-hydrogen) atoms. The Balaban J connectivity index is 1.53. The molecule has 2 saturated heterocycles. The maximum Gasteiger partial charge on any atom is 0.317 e. The average Bonchev–Trinajstić information content (AvgIpc) is 2.78. The van der Waals surface area contributed by atoms with Crippen molar-refractivity contribution in [2.45, 2.75) is 50.7 Å². The predicted octanol–water partition coefficient (Wildman–Crippen LogP) is 3.70. The zero-order chi connectivity index (χ0) is 22.7. The number of methoxy groups -OCH3 is 1. The highest BCUT2D eigenvalue weighted by Gasteiger charge is 2.49. The zero-order valence-corrected chi connectivity index (χ0v) is 19.3. The van der Waals surface area contributed by atoms with Crippen molar-refractivity contribution < 1.29 is 14.6 Å². The lowest BCUT2D eigenvalue weighted by Gasteiger charge is -2.57. The van der Waals surface area contributed by atoms with Gasteiger partial charge in [0, 0.05) is 37.1 Å². The van der Waals surface area contributed by atoms with Crippen molar-refractivity contribution >= 4 is 6.03 Å². The van der Waals surface area contributed by atoms with Crippen LogP contribution in [0.4, 0.5) is 4.79 Å². The summed E-state index contributed by atoms with van der Waals surface area (Å²) in [5.41, 5.74) is 3.53. The number of nitrogens with zero attached hydrogens (tertiary/aromatic N) is 2. The third-order valence-corrected chi connectivity index (χ3v) is 6.79.